The highest BCUT2D eigenvalue weighted by Gasteiger charge is 2.27. The predicted octanol–water partition coefficient (Wildman–Crippen LogP) is 3.39. The molecule has 0 bridgehead atoms. The van der Waals surface area contributed by atoms with Gasteiger partial charge in [0.2, 0.25) is 0 Å². The molecule has 0 saturated carbocycles. The molecule has 0 fully saturated rings. The average molecular weight is 257 g/mol. The summed E-state index contributed by atoms with van der Waals surface area (Å²) >= 11 is 0. The zero-order valence-corrected chi connectivity index (χ0v) is 10.6. The lowest BCUT2D eigenvalue weighted by molar-refractivity contribution is 0.255. The van der Waals surface area contributed by atoms with E-state index in [2.05, 4.69) is 0 Å². The second-order valence-corrected chi connectivity index (χ2v) is 4.86. The summed E-state index contributed by atoms with van der Waals surface area (Å²) < 4.78 is 18.9. The number of para-hydroxylation sites is 1. The third-order valence-corrected chi connectivity index (χ3v) is 3.67. The van der Waals surface area contributed by atoms with Crippen LogP contribution in [0.2, 0.25) is 0 Å². The zero-order valence-electron chi connectivity index (χ0n) is 10.6. The minimum atomic E-state index is -0.242. The van der Waals surface area contributed by atoms with Crippen LogP contribution < -0.4 is 10.5 Å². The van der Waals surface area contributed by atoms with Gasteiger partial charge in [0.25, 0.3) is 0 Å². The molecule has 2 aromatic rings. The number of hydrogen-bond donors (Lipinski definition) is 1. The molecule has 0 amide bonds. The highest BCUT2D eigenvalue weighted by atomic mass is 19.1. The Labute approximate surface area is 112 Å². The summed E-state index contributed by atoms with van der Waals surface area (Å²) in [5, 5.41) is 0. The molecule has 2 N–H and O–H groups in total. The number of fused-ring (bicyclic) bond motifs is 1. The fourth-order valence-corrected chi connectivity index (χ4v) is 2.69. The van der Waals surface area contributed by atoms with Crippen molar-refractivity contribution in [2.75, 3.05) is 6.61 Å². The van der Waals surface area contributed by atoms with Gasteiger partial charge < -0.3 is 10.5 Å². The van der Waals surface area contributed by atoms with Crippen LogP contribution in [0.15, 0.2) is 48.5 Å². The molecule has 98 valence electrons. The van der Waals surface area contributed by atoms with Gasteiger partial charge >= 0.3 is 0 Å². The minimum Gasteiger partial charge on any atom is -0.493 e. The molecule has 0 aliphatic carbocycles. The van der Waals surface area contributed by atoms with E-state index in [9.17, 15) is 4.39 Å². The summed E-state index contributed by atoms with van der Waals surface area (Å²) in [5.74, 6) is 0.825. The van der Waals surface area contributed by atoms with E-state index in [0.717, 1.165) is 23.3 Å². The van der Waals surface area contributed by atoms with Gasteiger partial charge in [0.1, 0.15) is 11.6 Å². The van der Waals surface area contributed by atoms with Crippen LogP contribution in [0, 0.1) is 5.82 Å². The SMILES string of the molecule is NC(c1cccc(F)c1)C1CCOc2ccccc21. The first-order chi connectivity index (χ1) is 9.25. The number of benzene rings is 2. The standard InChI is InChI=1S/C16H16FNO/c17-12-5-3-4-11(10-12)16(18)14-8-9-19-15-7-2-1-6-13(14)15/h1-7,10,14,16H,8-9,18H2. The first-order valence-corrected chi connectivity index (χ1v) is 6.48. The number of hydrogen-bond acceptors (Lipinski definition) is 2. The second-order valence-electron chi connectivity index (χ2n) is 4.86. The molecular formula is C16H16FNO. The van der Waals surface area contributed by atoms with Crippen molar-refractivity contribution in [3.63, 3.8) is 0 Å². The molecule has 0 saturated heterocycles. The molecular weight excluding hydrogens is 241 g/mol. The maximum absolute atomic E-state index is 13.3. The highest BCUT2D eigenvalue weighted by molar-refractivity contribution is 5.40. The van der Waals surface area contributed by atoms with Crippen molar-refractivity contribution in [2.24, 2.45) is 5.73 Å². The minimum absolute atomic E-state index is 0.173. The zero-order chi connectivity index (χ0) is 13.2. The fraction of sp³-hybridized carbons (Fsp3) is 0.250. The van der Waals surface area contributed by atoms with Crippen LogP contribution in [0.4, 0.5) is 4.39 Å². The van der Waals surface area contributed by atoms with Crippen LogP contribution in [-0.2, 0) is 0 Å². The van der Waals surface area contributed by atoms with Crippen molar-refractivity contribution in [2.45, 2.75) is 18.4 Å². The lowest BCUT2D eigenvalue weighted by Gasteiger charge is -2.30. The van der Waals surface area contributed by atoms with E-state index in [-0.39, 0.29) is 17.8 Å². The third-order valence-electron chi connectivity index (χ3n) is 3.67. The van der Waals surface area contributed by atoms with Crippen molar-refractivity contribution >= 4 is 0 Å². The molecule has 2 nitrogen and oxygen atoms in total. The lowest BCUT2D eigenvalue weighted by atomic mass is 9.84. The quantitative estimate of drug-likeness (QED) is 0.895. The summed E-state index contributed by atoms with van der Waals surface area (Å²) in [6.07, 6.45) is 0.856. The largest absolute Gasteiger partial charge is 0.493 e. The van der Waals surface area contributed by atoms with Gasteiger partial charge in [-0.25, -0.2) is 4.39 Å². The predicted molar refractivity (Wildman–Crippen MR) is 72.6 cm³/mol. The first kappa shape index (κ1) is 12.2. The van der Waals surface area contributed by atoms with Gasteiger partial charge in [-0.2, -0.15) is 0 Å². The van der Waals surface area contributed by atoms with Crippen molar-refractivity contribution in [3.05, 3.63) is 65.5 Å². The Morgan fingerprint density at radius 2 is 2.00 bits per heavy atom. The number of ether oxygens (including phenoxy) is 1. The average Bonchev–Trinajstić information content (AvgIpc) is 2.46. The van der Waals surface area contributed by atoms with E-state index in [4.69, 9.17) is 10.5 Å². The Kier molecular flexibility index (Phi) is 3.22. The van der Waals surface area contributed by atoms with E-state index < -0.39 is 0 Å². The van der Waals surface area contributed by atoms with Crippen LogP contribution in [0.5, 0.6) is 5.75 Å². The third kappa shape index (κ3) is 2.34. The monoisotopic (exact) mass is 257 g/mol. The maximum atomic E-state index is 13.3. The molecule has 19 heavy (non-hydrogen) atoms. The maximum Gasteiger partial charge on any atom is 0.123 e. The summed E-state index contributed by atoms with van der Waals surface area (Å²) in [4.78, 5) is 0. The Bertz CT molecular complexity index is 584. The van der Waals surface area contributed by atoms with E-state index in [0.29, 0.717) is 6.61 Å². The van der Waals surface area contributed by atoms with Crippen LogP contribution in [0.1, 0.15) is 29.5 Å². The van der Waals surface area contributed by atoms with Gasteiger partial charge in [-0.15, -0.1) is 0 Å². The van der Waals surface area contributed by atoms with E-state index in [1.165, 1.54) is 12.1 Å². The van der Waals surface area contributed by atoms with Crippen LogP contribution in [0.3, 0.4) is 0 Å². The Morgan fingerprint density at radius 1 is 1.16 bits per heavy atom. The molecule has 0 spiro atoms. The summed E-state index contributed by atoms with van der Waals surface area (Å²) in [6.45, 7) is 0.657. The van der Waals surface area contributed by atoms with Gasteiger partial charge in [0, 0.05) is 12.0 Å². The smallest absolute Gasteiger partial charge is 0.123 e. The van der Waals surface area contributed by atoms with Crippen molar-refractivity contribution < 1.29 is 9.13 Å². The summed E-state index contributed by atoms with van der Waals surface area (Å²) in [6, 6.07) is 14.3. The molecule has 0 radical (unpaired) electrons. The van der Waals surface area contributed by atoms with Crippen molar-refractivity contribution in [1.82, 2.24) is 0 Å². The Hall–Kier alpha value is -1.87. The van der Waals surface area contributed by atoms with E-state index >= 15 is 0 Å². The number of nitrogens with two attached hydrogens (primary N) is 1. The molecule has 0 aromatic heterocycles. The Balaban J connectivity index is 1.95. The summed E-state index contributed by atoms with van der Waals surface area (Å²) in [5.41, 5.74) is 8.28. The van der Waals surface area contributed by atoms with Crippen molar-refractivity contribution in [3.8, 4) is 5.75 Å². The molecule has 2 atom stereocenters. The van der Waals surface area contributed by atoms with Gasteiger partial charge in [-0.05, 0) is 35.7 Å². The van der Waals surface area contributed by atoms with Gasteiger partial charge in [0.05, 0.1) is 6.61 Å². The number of rotatable bonds is 2. The van der Waals surface area contributed by atoms with Crippen LogP contribution in [0.25, 0.3) is 0 Å². The molecule has 1 aliphatic rings. The normalized spacial score (nSPS) is 19.4. The molecule has 3 heteroatoms. The molecule has 1 heterocycles. The van der Waals surface area contributed by atoms with Crippen molar-refractivity contribution in [1.29, 1.82) is 0 Å². The lowest BCUT2D eigenvalue weighted by Crippen LogP contribution is -2.25. The van der Waals surface area contributed by atoms with Crippen LogP contribution in [-0.4, -0.2) is 6.61 Å². The van der Waals surface area contributed by atoms with Crippen LogP contribution >= 0.6 is 0 Å². The van der Waals surface area contributed by atoms with E-state index in [1.807, 2.05) is 30.3 Å². The molecule has 1 aliphatic heterocycles. The molecule has 2 unspecified atom stereocenters. The van der Waals surface area contributed by atoms with Gasteiger partial charge in [0.15, 0.2) is 0 Å². The highest BCUT2D eigenvalue weighted by Crippen LogP contribution is 2.40. The second kappa shape index (κ2) is 5.02. The van der Waals surface area contributed by atoms with E-state index in [1.54, 1.807) is 6.07 Å². The molecule has 3 rings (SSSR count). The summed E-state index contributed by atoms with van der Waals surface area (Å²) in [7, 11) is 0. The van der Waals surface area contributed by atoms with Gasteiger partial charge in [-0.1, -0.05) is 30.3 Å². The first-order valence-electron chi connectivity index (χ1n) is 6.48. The van der Waals surface area contributed by atoms with Gasteiger partial charge in [-0.3, -0.25) is 0 Å². The Morgan fingerprint density at radius 3 is 2.84 bits per heavy atom. The molecule has 2 aromatic carbocycles. The topological polar surface area (TPSA) is 35.2 Å². The number of halogens is 1. The fourth-order valence-electron chi connectivity index (χ4n) is 2.69.